The SMILES string of the molecule is Cc1cnc(N2CCN(c3ccc(F)c(S(C)(=O)=O)c3)C[C@H]2C(C)C)nc1C(C)O. The van der Waals surface area contributed by atoms with Gasteiger partial charge in [-0.25, -0.2) is 22.8 Å². The van der Waals surface area contributed by atoms with Crippen molar-refractivity contribution in [2.24, 2.45) is 5.92 Å². The summed E-state index contributed by atoms with van der Waals surface area (Å²) in [5.74, 6) is 0.104. The number of sulfone groups is 1. The topological polar surface area (TPSA) is 86.6 Å². The molecular formula is C21H29FN4O3S. The van der Waals surface area contributed by atoms with Crippen LogP contribution in [0.15, 0.2) is 29.3 Å². The number of piperazine rings is 1. The van der Waals surface area contributed by atoms with Gasteiger partial charge in [0, 0.05) is 37.8 Å². The van der Waals surface area contributed by atoms with E-state index in [-0.39, 0.29) is 16.9 Å². The van der Waals surface area contributed by atoms with Gasteiger partial charge in [0.05, 0.1) is 17.8 Å². The third kappa shape index (κ3) is 4.57. The highest BCUT2D eigenvalue weighted by atomic mass is 32.2. The summed E-state index contributed by atoms with van der Waals surface area (Å²) in [4.78, 5) is 13.0. The Kier molecular flexibility index (Phi) is 6.33. The van der Waals surface area contributed by atoms with E-state index in [1.165, 1.54) is 12.1 Å². The normalized spacial score (nSPS) is 18.7. The highest BCUT2D eigenvalue weighted by Gasteiger charge is 2.32. The zero-order valence-corrected chi connectivity index (χ0v) is 18.8. The van der Waals surface area contributed by atoms with Crippen LogP contribution in [0.4, 0.5) is 16.0 Å². The van der Waals surface area contributed by atoms with E-state index in [0.29, 0.717) is 37.0 Å². The number of benzene rings is 1. The van der Waals surface area contributed by atoms with Gasteiger partial charge in [0.25, 0.3) is 0 Å². The predicted molar refractivity (Wildman–Crippen MR) is 115 cm³/mol. The van der Waals surface area contributed by atoms with Crippen LogP contribution in [0.5, 0.6) is 0 Å². The molecule has 2 heterocycles. The van der Waals surface area contributed by atoms with E-state index < -0.39 is 21.8 Å². The Labute approximate surface area is 177 Å². The van der Waals surface area contributed by atoms with E-state index >= 15 is 0 Å². The Morgan fingerprint density at radius 1 is 1.23 bits per heavy atom. The summed E-state index contributed by atoms with van der Waals surface area (Å²) in [6.45, 7) is 9.63. The number of hydrogen-bond acceptors (Lipinski definition) is 7. The molecule has 7 nitrogen and oxygen atoms in total. The lowest BCUT2D eigenvalue weighted by Gasteiger charge is -2.44. The number of nitrogens with zero attached hydrogens (tertiary/aromatic N) is 4. The fourth-order valence-electron chi connectivity index (χ4n) is 3.84. The minimum Gasteiger partial charge on any atom is -0.387 e. The molecule has 0 amide bonds. The first-order valence-electron chi connectivity index (χ1n) is 10.0. The van der Waals surface area contributed by atoms with Crippen LogP contribution in [0.3, 0.4) is 0 Å². The molecule has 1 N–H and O–H groups in total. The fraction of sp³-hybridized carbons (Fsp3) is 0.524. The number of anilines is 2. The van der Waals surface area contributed by atoms with Crippen molar-refractivity contribution < 1.29 is 17.9 Å². The zero-order valence-electron chi connectivity index (χ0n) is 18.0. The summed E-state index contributed by atoms with van der Waals surface area (Å²) in [7, 11) is -3.65. The first kappa shape index (κ1) is 22.4. The van der Waals surface area contributed by atoms with Crippen LogP contribution in [0.25, 0.3) is 0 Å². The zero-order chi connectivity index (χ0) is 22.2. The third-order valence-corrected chi connectivity index (χ3v) is 6.63. The van der Waals surface area contributed by atoms with E-state index in [4.69, 9.17) is 0 Å². The lowest BCUT2D eigenvalue weighted by Crippen LogP contribution is -2.56. The summed E-state index contributed by atoms with van der Waals surface area (Å²) in [6, 6.07) is 4.30. The van der Waals surface area contributed by atoms with Crippen molar-refractivity contribution in [2.45, 2.75) is 44.7 Å². The Morgan fingerprint density at radius 2 is 1.93 bits per heavy atom. The van der Waals surface area contributed by atoms with Crippen LogP contribution in [0.1, 0.15) is 38.1 Å². The fourth-order valence-corrected chi connectivity index (χ4v) is 4.60. The van der Waals surface area contributed by atoms with Gasteiger partial charge >= 0.3 is 0 Å². The maximum atomic E-state index is 14.0. The molecule has 1 fully saturated rings. The van der Waals surface area contributed by atoms with Gasteiger partial charge in [0.15, 0.2) is 9.84 Å². The summed E-state index contributed by atoms with van der Waals surface area (Å²) < 4.78 is 37.8. The van der Waals surface area contributed by atoms with Crippen molar-refractivity contribution in [1.82, 2.24) is 9.97 Å². The number of hydrogen-bond donors (Lipinski definition) is 1. The minimum atomic E-state index is -3.65. The van der Waals surface area contributed by atoms with Gasteiger partial charge in [0.1, 0.15) is 10.7 Å². The average Bonchev–Trinajstić information content (AvgIpc) is 2.67. The largest absolute Gasteiger partial charge is 0.387 e. The van der Waals surface area contributed by atoms with Gasteiger partial charge < -0.3 is 14.9 Å². The monoisotopic (exact) mass is 436 g/mol. The van der Waals surface area contributed by atoms with Crippen LogP contribution in [-0.4, -0.2) is 55.4 Å². The molecule has 1 aliphatic rings. The number of aryl methyl sites for hydroxylation is 1. The molecular weight excluding hydrogens is 407 g/mol. The summed E-state index contributed by atoms with van der Waals surface area (Å²) in [6.07, 6.45) is 2.06. The first-order chi connectivity index (χ1) is 14.0. The second kappa shape index (κ2) is 8.47. The molecule has 1 aliphatic heterocycles. The van der Waals surface area contributed by atoms with E-state index in [1.807, 2.05) is 6.92 Å². The number of aliphatic hydroxyl groups is 1. The van der Waals surface area contributed by atoms with Crippen molar-refractivity contribution in [1.29, 1.82) is 0 Å². The summed E-state index contributed by atoms with van der Waals surface area (Å²) in [5, 5.41) is 10.0. The Morgan fingerprint density at radius 3 is 2.53 bits per heavy atom. The molecule has 0 aliphatic carbocycles. The highest BCUT2D eigenvalue weighted by Crippen LogP contribution is 2.29. The quantitative estimate of drug-likeness (QED) is 0.771. The molecule has 0 spiro atoms. The standard InChI is InChI=1S/C21H29FN4O3S/c1-13(2)18-12-25(16-6-7-17(22)19(10-16)30(5,28)29)8-9-26(18)21-23-11-14(3)20(24-21)15(4)27/h6-7,10-11,13,15,18,27H,8-9,12H2,1-5H3/t15?,18-/m0/s1. The van der Waals surface area contributed by atoms with Crippen LogP contribution < -0.4 is 9.80 Å². The van der Waals surface area contributed by atoms with Gasteiger partial charge in [-0.1, -0.05) is 13.8 Å². The van der Waals surface area contributed by atoms with E-state index in [9.17, 15) is 17.9 Å². The van der Waals surface area contributed by atoms with Crippen molar-refractivity contribution in [3.05, 3.63) is 41.5 Å². The molecule has 1 aromatic heterocycles. The molecule has 1 unspecified atom stereocenters. The van der Waals surface area contributed by atoms with Gasteiger partial charge in [-0.15, -0.1) is 0 Å². The molecule has 2 atom stereocenters. The van der Waals surface area contributed by atoms with Gasteiger partial charge in [-0.2, -0.15) is 0 Å². The van der Waals surface area contributed by atoms with Gasteiger partial charge in [0.2, 0.25) is 5.95 Å². The molecule has 0 saturated carbocycles. The van der Waals surface area contributed by atoms with E-state index in [2.05, 4.69) is 33.6 Å². The molecule has 0 radical (unpaired) electrons. The smallest absolute Gasteiger partial charge is 0.226 e. The minimum absolute atomic E-state index is 0.0649. The molecule has 30 heavy (non-hydrogen) atoms. The Balaban J connectivity index is 1.91. The lowest BCUT2D eigenvalue weighted by molar-refractivity contribution is 0.193. The molecule has 2 aromatic rings. The number of aliphatic hydroxyl groups excluding tert-OH is 1. The van der Waals surface area contributed by atoms with Crippen LogP contribution in [-0.2, 0) is 9.84 Å². The number of halogens is 1. The maximum absolute atomic E-state index is 14.0. The molecule has 164 valence electrons. The molecule has 0 bridgehead atoms. The van der Waals surface area contributed by atoms with E-state index in [1.54, 1.807) is 19.2 Å². The van der Waals surface area contributed by atoms with Crippen molar-refractivity contribution in [3.63, 3.8) is 0 Å². The summed E-state index contributed by atoms with van der Waals surface area (Å²) >= 11 is 0. The second-order valence-corrected chi connectivity index (χ2v) is 10.2. The van der Waals surface area contributed by atoms with Crippen molar-refractivity contribution in [3.8, 4) is 0 Å². The van der Waals surface area contributed by atoms with Crippen LogP contribution in [0.2, 0.25) is 0 Å². The van der Waals surface area contributed by atoms with Gasteiger partial charge in [-0.3, -0.25) is 0 Å². The molecule has 9 heteroatoms. The molecule has 3 rings (SSSR count). The second-order valence-electron chi connectivity index (χ2n) is 8.25. The first-order valence-corrected chi connectivity index (χ1v) is 11.9. The average molecular weight is 437 g/mol. The maximum Gasteiger partial charge on any atom is 0.226 e. The third-order valence-electron chi connectivity index (χ3n) is 5.52. The van der Waals surface area contributed by atoms with Crippen LogP contribution in [0, 0.1) is 18.7 Å². The van der Waals surface area contributed by atoms with Gasteiger partial charge in [-0.05, 0) is 43.5 Å². The predicted octanol–water partition coefficient (Wildman–Crippen LogP) is 2.73. The Hall–Kier alpha value is -2.26. The lowest BCUT2D eigenvalue weighted by atomic mass is 9.99. The Bertz CT molecular complexity index is 1030. The van der Waals surface area contributed by atoms with E-state index in [0.717, 1.165) is 11.8 Å². The summed E-state index contributed by atoms with van der Waals surface area (Å²) in [5.41, 5.74) is 2.13. The number of aromatic nitrogens is 2. The van der Waals surface area contributed by atoms with Crippen molar-refractivity contribution in [2.75, 3.05) is 35.7 Å². The van der Waals surface area contributed by atoms with Crippen LogP contribution >= 0.6 is 0 Å². The highest BCUT2D eigenvalue weighted by molar-refractivity contribution is 7.90. The molecule has 1 aromatic carbocycles. The molecule has 1 saturated heterocycles. The van der Waals surface area contributed by atoms with Crippen molar-refractivity contribution >= 4 is 21.5 Å². The number of rotatable bonds is 5.